The van der Waals surface area contributed by atoms with E-state index in [1.807, 2.05) is 11.0 Å². The molecule has 1 atom stereocenters. The van der Waals surface area contributed by atoms with Gasteiger partial charge in [0.25, 0.3) is 11.1 Å². The number of H-pyrrole nitrogens is 1. The van der Waals surface area contributed by atoms with Gasteiger partial charge in [0.05, 0.1) is 18.2 Å². The number of anilines is 2. The molecular formula is C23H24FN7O4. The summed E-state index contributed by atoms with van der Waals surface area (Å²) in [6, 6.07) is 8.18. The SMILES string of the molecule is Cn1c(=O)cc(N[C@H]2CCCN(c3cc(=O)n(C)c(=O)n3Cc3cc(F)ccc3C#N)C2)[nH]c1=O. The molecule has 1 aliphatic rings. The maximum Gasteiger partial charge on any atom is 0.332 e. The van der Waals surface area contributed by atoms with E-state index in [0.29, 0.717) is 30.9 Å². The van der Waals surface area contributed by atoms with Crippen molar-refractivity contribution in [2.75, 3.05) is 23.3 Å². The highest BCUT2D eigenvalue weighted by Crippen LogP contribution is 2.21. The van der Waals surface area contributed by atoms with Gasteiger partial charge in [-0.2, -0.15) is 5.26 Å². The second kappa shape index (κ2) is 9.46. The molecule has 12 heteroatoms. The van der Waals surface area contributed by atoms with Crippen molar-refractivity contribution in [3.63, 3.8) is 0 Å². The van der Waals surface area contributed by atoms with Gasteiger partial charge in [-0.15, -0.1) is 0 Å². The average molecular weight is 481 g/mol. The summed E-state index contributed by atoms with van der Waals surface area (Å²) in [6.07, 6.45) is 1.44. The maximum absolute atomic E-state index is 13.9. The largest absolute Gasteiger partial charge is 0.367 e. The molecule has 35 heavy (non-hydrogen) atoms. The minimum Gasteiger partial charge on any atom is -0.367 e. The third kappa shape index (κ3) is 4.79. The third-order valence-corrected chi connectivity index (χ3v) is 6.14. The highest BCUT2D eigenvalue weighted by molar-refractivity contribution is 5.44. The lowest BCUT2D eigenvalue weighted by atomic mass is 10.1. The summed E-state index contributed by atoms with van der Waals surface area (Å²) in [5.41, 5.74) is -1.53. The summed E-state index contributed by atoms with van der Waals surface area (Å²) in [4.78, 5) is 53.9. The van der Waals surface area contributed by atoms with Gasteiger partial charge >= 0.3 is 11.4 Å². The fourth-order valence-electron chi connectivity index (χ4n) is 4.20. The Hall–Kier alpha value is -4.40. The molecule has 1 aromatic carbocycles. The van der Waals surface area contributed by atoms with Crippen molar-refractivity contribution < 1.29 is 4.39 Å². The first-order valence-electron chi connectivity index (χ1n) is 11.0. The third-order valence-electron chi connectivity index (χ3n) is 6.14. The number of aromatic nitrogens is 4. The summed E-state index contributed by atoms with van der Waals surface area (Å²) in [5.74, 6) is 0.0867. The fourth-order valence-corrected chi connectivity index (χ4v) is 4.20. The second-order valence-corrected chi connectivity index (χ2v) is 8.50. The van der Waals surface area contributed by atoms with Gasteiger partial charge in [-0.1, -0.05) is 0 Å². The highest BCUT2D eigenvalue weighted by Gasteiger charge is 2.24. The number of nitrogens with one attached hydrogen (secondary N) is 2. The lowest BCUT2D eigenvalue weighted by Gasteiger charge is -2.36. The lowest BCUT2D eigenvalue weighted by molar-refractivity contribution is 0.510. The van der Waals surface area contributed by atoms with Gasteiger partial charge in [-0.3, -0.25) is 28.3 Å². The van der Waals surface area contributed by atoms with Crippen LogP contribution in [-0.4, -0.2) is 37.8 Å². The molecule has 0 bridgehead atoms. The molecule has 0 amide bonds. The average Bonchev–Trinajstić information content (AvgIpc) is 2.83. The van der Waals surface area contributed by atoms with Crippen molar-refractivity contribution in [3.8, 4) is 6.07 Å². The van der Waals surface area contributed by atoms with Crippen LogP contribution in [0.15, 0.2) is 49.5 Å². The first-order chi connectivity index (χ1) is 16.7. The van der Waals surface area contributed by atoms with E-state index < -0.39 is 28.3 Å². The van der Waals surface area contributed by atoms with Crippen molar-refractivity contribution in [2.45, 2.75) is 25.4 Å². The van der Waals surface area contributed by atoms with Crippen LogP contribution in [0.5, 0.6) is 0 Å². The van der Waals surface area contributed by atoms with Gasteiger partial charge in [0.1, 0.15) is 17.5 Å². The summed E-state index contributed by atoms with van der Waals surface area (Å²) in [6.45, 7) is 0.823. The molecule has 0 aliphatic carbocycles. The number of nitrogens with zero attached hydrogens (tertiary/aromatic N) is 5. The van der Waals surface area contributed by atoms with Crippen molar-refractivity contribution in [2.24, 2.45) is 14.1 Å². The van der Waals surface area contributed by atoms with E-state index in [4.69, 9.17) is 0 Å². The maximum atomic E-state index is 13.9. The minimum atomic E-state index is -0.591. The summed E-state index contributed by atoms with van der Waals surface area (Å²) >= 11 is 0. The number of rotatable bonds is 5. The van der Waals surface area contributed by atoms with Crippen LogP contribution in [-0.2, 0) is 20.6 Å². The summed E-state index contributed by atoms with van der Waals surface area (Å²) < 4.78 is 17.2. The van der Waals surface area contributed by atoms with Crippen molar-refractivity contribution in [3.05, 3.63) is 89.0 Å². The topological polar surface area (TPSA) is 138 Å². The number of aromatic amines is 1. The number of benzene rings is 1. The van der Waals surface area contributed by atoms with Crippen LogP contribution in [0.4, 0.5) is 16.0 Å². The molecule has 2 aromatic heterocycles. The van der Waals surface area contributed by atoms with E-state index in [-0.39, 0.29) is 24.0 Å². The number of halogens is 1. The normalized spacial score (nSPS) is 15.6. The van der Waals surface area contributed by atoms with Crippen LogP contribution in [0.1, 0.15) is 24.0 Å². The summed E-state index contributed by atoms with van der Waals surface area (Å²) in [5, 5.41) is 12.6. The molecule has 4 rings (SSSR count). The minimum absolute atomic E-state index is 0.0976. The Morgan fingerprint density at radius 1 is 1.11 bits per heavy atom. The van der Waals surface area contributed by atoms with Crippen molar-refractivity contribution in [1.29, 1.82) is 5.26 Å². The zero-order chi connectivity index (χ0) is 25.3. The van der Waals surface area contributed by atoms with Crippen LogP contribution >= 0.6 is 0 Å². The Morgan fingerprint density at radius 2 is 1.86 bits per heavy atom. The lowest BCUT2D eigenvalue weighted by Crippen LogP contribution is -2.47. The van der Waals surface area contributed by atoms with E-state index in [1.165, 1.54) is 49.0 Å². The molecule has 1 saturated heterocycles. The van der Waals surface area contributed by atoms with Gasteiger partial charge in [-0.25, -0.2) is 14.0 Å². The Bertz CT molecular complexity index is 1530. The zero-order valence-corrected chi connectivity index (χ0v) is 19.2. The molecule has 3 heterocycles. The monoisotopic (exact) mass is 481 g/mol. The van der Waals surface area contributed by atoms with E-state index in [1.54, 1.807) is 0 Å². The smallest absolute Gasteiger partial charge is 0.332 e. The summed E-state index contributed by atoms with van der Waals surface area (Å²) in [7, 11) is 2.73. The second-order valence-electron chi connectivity index (χ2n) is 8.50. The van der Waals surface area contributed by atoms with Gasteiger partial charge in [-0.05, 0) is 36.6 Å². The fraction of sp³-hybridized carbons (Fsp3) is 0.348. The van der Waals surface area contributed by atoms with E-state index in [0.717, 1.165) is 15.6 Å². The quantitative estimate of drug-likeness (QED) is 0.526. The Labute approximate surface area is 198 Å². The van der Waals surface area contributed by atoms with Gasteiger partial charge in [0.15, 0.2) is 0 Å². The molecule has 11 nitrogen and oxygen atoms in total. The molecule has 0 radical (unpaired) electrons. The molecule has 3 aromatic rings. The van der Waals surface area contributed by atoms with Crippen molar-refractivity contribution in [1.82, 2.24) is 18.7 Å². The molecule has 0 saturated carbocycles. The van der Waals surface area contributed by atoms with Crippen molar-refractivity contribution >= 4 is 11.6 Å². The Kier molecular flexibility index (Phi) is 6.42. The van der Waals surface area contributed by atoms with Crippen LogP contribution in [0.3, 0.4) is 0 Å². The van der Waals surface area contributed by atoms with Crippen LogP contribution in [0, 0.1) is 17.1 Å². The van der Waals surface area contributed by atoms with E-state index in [2.05, 4.69) is 10.3 Å². The standard InChI is InChI=1S/C23H24FN7O4/c1-28-20(32)9-18(27-22(28)34)26-17-4-3-7-30(13-17)19-10-21(33)29(2)23(35)31(19)12-15-8-16(24)6-5-14(15)11-25/h5-6,8-10,17,26H,3-4,7,12-13H2,1-2H3,(H,27,34)/t17-/m0/s1. The van der Waals surface area contributed by atoms with Crippen LogP contribution in [0.25, 0.3) is 0 Å². The number of hydrogen-bond donors (Lipinski definition) is 2. The first-order valence-corrected chi connectivity index (χ1v) is 11.0. The molecule has 0 spiro atoms. The van der Waals surface area contributed by atoms with Gasteiger partial charge in [0, 0.05) is 45.4 Å². The Morgan fingerprint density at radius 3 is 2.57 bits per heavy atom. The van der Waals surface area contributed by atoms with Gasteiger partial charge < -0.3 is 10.2 Å². The number of piperidine rings is 1. The number of nitriles is 1. The Balaban J connectivity index is 1.69. The molecule has 1 aliphatic heterocycles. The predicted molar refractivity (Wildman–Crippen MR) is 127 cm³/mol. The molecule has 0 unspecified atom stereocenters. The molecule has 2 N–H and O–H groups in total. The predicted octanol–water partition coefficient (Wildman–Crippen LogP) is 0.0740. The van der Waals surface area contributed by atoms with E-state index >= 15 is 0 Å². The highest BCUT2D eigenvalue weighted by atomic mass is 19.1. The molecular weight excluding hydrogens is 457 g/mol. The van der Waals surface area contributed by atoms with Crippen LogP contribution < -0.4 is 32.7 Å². The number of hydrogen-bond acceptors (Lipinski definition) is 7. The molecule has 182 valence electrons. The van der Waals surface area contributed by atoms with Crippen LogP contribution in [0.2, 0.25) is 0 Å². The van der Waals surface area contributed by atoms with Gasteiger partial charge in [0.2, 0.25) is 0 Å². The molecule has 1 fully saturated rings. The first kappa shape index (κ1) is 23.7. The zero-order valence-electron chi connectivity index (χ0n) is 19.2. The van der Waals surface area contributed by atoms with E-state index in [9.17, 15) is 28.8 Å².